The Kier molecular flexibility index (Phi) is 3.13. The molecular formula is C17H23N3O2. The van der Waals surface area contributed by atoms with Gasteiger partial charge in [-0.1, -0.05) is 0 Å². The second kappa shape index (κ2) is 4.93. The summed E-state index contributed by atoms with van der Waals surface area (Å²) < 4.78 is 1.21. The Labute approximate surface area is 130 Å². The molecule has 4 aliphatic rings. The molecule has 22 heavy (non-hydrogen) atoms. The lowest BCUT2D eigenvalue weighted by Crippen LogP contribution is -2.51. The van der Waals surface area contributed by atoms with E-state index in [4.69, 9.17) is 0 Å². The van der Waals surface area contributed by atoms with Gasteiger partial charge in [-0.2, -0.15) is 5.10 Å². The van der Waals surface area contributed by atoms with Gasteiger partial charge in [-0.3, -0.25) is 9.59 Å². The van der Waals surface area contributed by atoms with Gasteiger partial charge in [0.15, 0.2) is 0 Å². The summed E-state index contributed by atoms with van der Waals surface area (Å²) >= 11 is 0. The molecular weight excluding hydrogens is 278 g/mol. The van der Waals surface area contributed by atoms with Crippen LogP contribution in [0.5, 0.6) is 0 Å². The Hall–Kier alpha value is -1.65. The van der Waals surface area contributed by atoms with E-state index in [9.17, 15) is 9.59 Å². The molecule has 5 rings (SSSR count). The lowest BCUT2D eigenvalue weighted by atomic mass is 9.49. The van der Waals surface area contributed by atoms with E-state index in [1.54, 1.807) is 7.05 Å². The van der Waals surface area contributed by atoms with E-state index in [-0.39, 0.29) is 11.5 Å². The predicted octanol–water partition coefficient (Wildman–Crippen LogP) is 1.73. The van der Waals surface area contributed by atoms with Crippen LogP contribution in [0.25, 0.3) is 0 Å². The van der Waals surface area contributed by atoms with E-state index in [1.165, 1.54) is 55.3 Å². The fourth-order valence-corrected chi connectivity index (χ4v) is 5.49. The van der Waals surface area contributed by atoms with Gasteiger partial charge in [-0.15, -0.1) is 0 Å². The van der Waals surface area contributed by atoms with Crippen molar-refractivity contribution in [2.45, 2.75) is 38.5 Å². The minimum Gasteiger partial charge on any atom is -0.350 e. The Morgan fingerprint density at radius 2 is 1.82 bits per heavy atom. The normalized spacial score (nSPS) is 35.6. The third kappa shape index (κ3) is 2.36. The fourth-order valence-electron chi connectivity index (χ4n) is 5.49. The second-order valence-electron chi connectivity index (χ2n) is 7.78. The maximum absolute atomic E-state index is 12.3. The molecule has 4 aliphatic carbocycles. The number of carbonyl (C=O) groups is 1. The zero-order valence-corrected chi connectivity index (χ0v) is 13.0. The number of nitrogens with one attached hydrogen (secondary N) is 1. The molecule has 1 amide bonds. The second-order valence-corrected chi connectivity index (χ2v) is 7.78. The summed E-state index contributed by atoms with van der Waals surface area (Å²) in [4.78, 5) is 23.7. The van der Waals surface area contributed by atoms with Gasteiger partial charge in [-0.25, -0.2) is 4.68 Å². The minimum absolute atomic E-state index is 0.161. The molecule has 0 aromatic carbocycles. The Balaban J connectivity index is 1.45. The summed E-state index contributed by atoms with van der Waals surface area (Å²) in [5.41, 5.74) is 0.454. The molecule has 1 aromatic heterocycles. The molecule has 0 spiro atoms. The maximum atomic E-state index is 12.3. The van der Waals surface area contributed by atoms with Crippen molar-refractivity contribution < 1.29 is 4.79 Å². The molecule has 0 atom stereocenters. The van der Waals surface area contributed by atoms with Gasteiger partial charge in [0.2, 0.25) is 0 Å². The van der Waals surface area contributed by atoms with Crippen LogP contribution in [-0.4, -0.2) is 22.2 Å². The molecule has 0 aliphatic heterocycles. The number of hydrogen-bond acceptors (Lipinski definition) is 3. The number of nitrogens with zero attached hydrogens (tertiary/aromatic N) is 2. The highest BCUT2D eigenvalue weighted by Crippen LogP contribution is 2.59. The van der Waals surface area contributed by atoms with Gasteiger partial charge >= 0.3 is 0 Å². The molecule has 5 heteroatoms. The van der Waals surface area contributed by atoms with Crippen LogP contribution in [0.1, 0.15) is 49.0 Å². The molecule has 4 fully saturated rings. The Morgan fingerprint density at radius 3 is 2.36 bits per heavy atom. The summed E-state index contributed by atoms with van der Waals surface area (Å²) in [6, 6.07) is 2.91. The fraction of sp³-hybridized carbons (Fsp3) is 0.706. The van der Waals surface area contributed by atoms with Crippen LogP contribution in [0, 0.1) is 23.2 Å². The number of carbonyl (C=O) groups excluding carboxylic acids is 1. The standard InChI is InChI=1S/C17H23N3O2/c1-20-15(21)3-2-14(19-20)16(22)18-10-17-7-11-4-12(8-17)6-13(5-11)9-17/h2-3,11-13H,4-10H2,1H3,(H,18,22). The summed E-state index contributed by atoms with van der Waals surface area (Å²) in [6.07, 6.45) is 8.07. The van der Waals surface area contributed by atoms with Crippen LogP contribution in [0.4, 0.5) is 0 Å². The van der Waals surface area contributed by atoms with Crippen molar-refractivity contribution >= 4 is 5.91 Å². The maximum Gasteiger partial charge on any atom is 0.271 e. The van der Waals surface area contributed by atoms with Crippen molar-refractivity contribution in [1.82, 2.24) is 15.1 Å². The number of aryl methyl sites for hydroxylation is 1. The SMILES string of the molecule is Cn1nc(C(=O)NCC23CC4CC(CC(C4)C2)C3)ccc1=O. The Morgan fingerprint density at radius 1 is 1.23 bits per heavy atom. The number of amides is 1. The van der Waals surface area contributed by atoms with Crippen molar-refractivity contribution in [3.63, 3.8) is 0 Å². The lowest BCUT2D eigenvalue weighted by molar-refractivity contribution is -0.0503. The summed E-state index contributed by atoms with van der Waals surface area (Å²) in [6.45, 7) is 0.764. The first kappa shape index (κ1) is 14.0. The predicted molar refractivity (Wildman–Crippen MR) is 82.4 cm³/mol. The quantitative estimate of drug-likeness (QED) is 0.924. The molecule has 0 unspecified atom stereocenters. The van der Waals surface area contributed by atoms with E-state index >= 15 is 0 Å². The van der Waals surface area contributed by atoms with Crippen molar-refractivity contribution in [2.75, 3.05) is 6.54 Å². The number of hydrogen-bond donors (Lipinski definition) is 1. The molecule has 1 heterocycles. The number of aromatic nitrogens is 2. The van der Waals surface area contributed by atoms with E-state index in [2.05, 4.69) is 10.4 Å². The smallest absolute Gasteiger partial charge is 0.271 e. The van der Waals surface area contributed by atoms with E-state index < -0.39 is 0 Å². The summed E-state index contributed by atoms with van der Waals surface area (Å²) in [5, 5.41) is 7.12. The molecule has 4 saturated carbocycles. The highest BCUT2D eigenvalue weighted by molar-refractivity contribution is 5.92. The zero-order valence-electron chi connectivity index (χ0n) is 13.0. The minimum atomic E-state index is -0.197. The van der Waals surface area contributed by atoms with E-state index in [0.29, 0.717) is 11.1 Å². The van der Waals surface area contributed by atoms with Crippen molar-refractivity contribution in [1.29, 1.82) is 0 Å². The van der Waals surface area contributed by atoms with Crippen LogP contribution in [0.15, 0.2) is 16.9 Å². The molecule has 118 valence electrons. The zero-order chi connectivity index (χ0) is 15.3. The summed E-state index contributed by atoms with van der Waals surface area (Å²) in [5.74, 6) is 2.50. The third-order valence-corrected chi connectivity index (χ3v) is 5.98. The molecule has 5 nitrogen and oxygen atoms in total. The molecule has 1 N–H and O–H groups in total. The van der Waals surface area contributed by atoms with Gasteiger partial charge in [0, 0.05) is 19.7 Å². The molecule has 0 radical (unpaired) electrons. The first-order valence-electron chi connectivity index (χ1n) is 8.36. The first-order chi connectivity index (χ1) is 10.5. The molecule has 0 saturated heterocycles. The average molecular weight is 301 g/mol. The van der Waals surface area contributed by atoms with Crippen molar-refractivity contribution in [3.05, 3.63) is 28.2 Å². The van der Waals surface area contributed by atoms with Crippen LogP contribution in [0.2, 0.25) is 0 Å². The van der Waals surface area contributed by atoms with Gasteiger partial charge in [0.05, 0.1) is 0 Å². The average Bonchev–Trinajstić information content (AvgIpc) is 2.46. The molecule has 4 bridgehead atoms. The van der Waals surface area contributed by atoms with Crippen molar-refractivity contribution in [3.8, 4) is 0 Å². The number of rotatable bonds is 3. The largest absolute Gasteiger partial charge is 0.350 e. The first-order valence-corrected chi connectivity index (χ1v) is 8.36. The topological polar surface area (TPSA) is 64.0 Å². The van der Waals surface area contributed by atoms with E-state index in [0.717, 1.165) is 24.3 Å². The van der Waals surface area contributed by atoms with Crippen LogP contribution < -0.4 is 10.9 Å². The van der Waals surface area contributed by atoms with Crippen molar-refractivity contribution in [2.24, 2.45) is 30.2 Å². The van der Waals surface area contributed by atoms with E-state index in [1.807, 2.05) is 0 Å². The van der Waals surface area contributed by atoms with Crippen LogP contribution in [-0.2, 0) is 7.05 Å². The highest BCUT2D eigenvalue weighted by Gasteiger charge is 2.50. The van der Waals surface area contributed by atoms with Gasteiger partial charge in [0.25, 0.3) is 11.5 Å². The molecule has 1 aromatic rings. The lowest BCUT2D eigenvalue weighted by Gasteiger charge is -2.56. The van der Waals surface area contributed by atoms with Gasteiger partial charge < -0.3 is 5.32 Å². The van der Waals surface area contributed by atoms with Gasteiger partial charge in [0.1, 0.15) is 5.69 Å². The summed E-state index contributed by atoms with van der Waals surface area (Å²) in [7, 11) is 1.57. The van der Waals surface area contributed by atoms with Crippen LogP contribution >= 0.6 is 0 Å². The monoisotopic (exact) mass is 301 g/mol. The Bertz CT molecular complexity index is 629. The van der Waals surface area contributed by atoms with Crippen LogP contribution in [0.3, 0.4) is 0 Å². The third-order valence-electron chi connectivity index (χ3n) is 5.98. The van der Waals surface area contributed by atoms with Gasteiger partial charge in [-0.05, 0) is 67.8 Å². The highest BCUT2D eigenvalue weighted by atomic mass is 16.2.